The van der Waals surface area contributed by atoms with Gasteiger partial charge >= 0.3 is 5.97 Å². The molecule has 0 aliphatic carbocycles. The summed E-state index contributed by atoms with van der Waals surface area (Å²) < 4.78 is 13.2. The Labute approximate surface area is 96.0 Å². The Hall–Kier alpha value is -1.62. The monoisotopic (exact) mass is 245 g/mol. The molecule has 86 valence electrons. The lowest BCUT2D eigenvalue weighted by atomic mass is 10.2. The van der Waals surface area contributed by atoms with E-state index in [1.807, 2.05) is 0 Å². The van der Waals surface area contributed by atoms with E-state index in [4.69, 9.17) is 16.7 Å². The molecule has 0 aliphatic heterocycles. The molecule has 2 N–H and O–H groups in total. The molecular formula is C10H9ClFNO3. The number of benzene rings is 1. The van der Waals surface area contributed by atoms with E-state index in [0.29, 0.717) is 5.02 Å². The Morgan fingerprint density at radius 1 is 1.44 bits per heavy atom. The van der Waals surface area contributed by atoms with Gasteiger partial charge in [0.15, 0.2) is 0 Å². The van der Waals surface area contributed by atoms with Gasteiger partial charge in [-0.2, -0.15) is 0 Å². The first-order valence-electron chi connectivity index (χ1n) is 4.41. The molecule has 1 aromatic carbocycles. The first-order chi connectivity index (χ1) is 7.49. The predicted octanol–water partition coefficient (Wildman–Crippen LogP) is 1.57. The standard InChI is InChI=1S/C10H9ClFNO3/c11-7-1-2-8(12)6(3-7)5-13-9(14)4-10(15)16/h1-3H,4-5H2,(H,13,14)(H,15,16). The van der Waals surface area contributed by atoms with Crippen LogP contribution in [0.2, 0.25) is 5.02 Å². The van der Waals surface area contributed by atoms with Crippen molar-refractivity contribution in [2.75, 3.05) is 0 Å². The van der Waals surface area contributed by atoms with Crippen LogP contribution in [0.4, 0.5) is 4.39 Å². The fourth-order valence-corrected chi connectivity index (χ4v) is 1.27. The molecule has 0 aromatic heterocycles. The molecule has 0 saturated carbocycles. The van der Waals surface area contributed by atoms with E-state index in [1.165, 1.54) is 18.2 Å². The van der Waals surface area contributed by atoms with Gasteiger partial charge in [-0.1, -0.05) is 11.6 Å². The average Bonchev–Trinajstić information content (AvgIpc) is 2.18. The fraction of sp³-hybridized carbons (Fsp3) is 0.200. The van der Waals surface area contributed by atoms with Gasteiger partial charge in [-0.25, -0.2) is 4.39 Å². The highest BCUT2D eigenvalue weighted by Crippen LogP contribution is 2.14. The van der Waals surface area contributed by atoms with Crippen molar-refractivity contribution in [3.8, 4) is 0 Å². The molecule has 0 fully saturated rings. The Balaban J connectivity index is 2.57. The summed E-state index contributed by atoms with van der Waals surface area (Å²) in [7, 11) is 0. The van der Waals surface area contributed by atoms with Crippen LogP contribution < -0.4 is 5.32 Å². The highest BCUT2D eigenvalue weighted by Gasteiger charge is 2.08. The number of hydrogen-bond acceptors (Lipinski definition) is 2. The maximum absolute atomic E-state index is 13.2. The van der Waals surface area contributed by atoms with Crippen LogP contribution in [-0.4, -0.2) is 17.0 Å². The van der Waals surface area contributed by atoms with E-state index in [-0.39, 0.29) is 12.1 Å². The quantitative estimate of drug-likeness (QED) is 0.792. The lowest BCUT2D eigenvalue weighted by Crippen LogP contribution is -2.25. The maximum Gasteiger partial charge on any atom is 0.312 e. The number of carbonyl (C=O) groups excluding carboxylic acids is 1. The number of nitrogens with one attached hydrogen (secondary N) is 1. The van der Waals surface area contributed by atoms with Crippen molar-refractivity contribution in [2.24, 2.45) is 0 Å². The number of carboxylic acids is 1. The van der Waals surface area contributed by atoms with Crippen LogP contribution in [0.15, 0.2) is 18.2 Å². The first kappa shape index (κ1) is 12.4. The molecule has 0 radical (unpaired) electrons. The van der Waals surface area contributed by atoms with Crippen LogP contribution in [0.1, 0.15) is 12.0 Å². The third-order valence-electron chi connectivity index (χ3n) is 1.80. The van der Waals surface area contributed by atoms with Gasteiger partial charge in [0.25, 0.3) is 0 Å². The Morgan fingerprint density at radius 3 is 2.75 bits per heavy atom. The van der Waals surface area contributed by atoms with Crippen molar-refractivity contribution < 1.29 is 19.1 Å². The van der Waals surface area contributed by atoms with Crippen molar-refractivity contribution in [1.29, 1.82) is 0 Å². The number of aliphatic carboxylic acids is 1. The molecular weight excluding hydrogens is 237 g/mol. The smallest absolute Gasteiger partial charge is 0.312 e. The molecule has 0 bridgehead atoms. The Morgan fingerprint density at radius 2 is 2.12 bits per heavy atom. The molecule has 4 nitrogen and oxygen atoms in total. The fourth-order valence-electron chi connectivity index (χ4n) is 1.07. The van der Waals surface area contributed by atoms with E-state index in [0.717, 1.165) is 0 Å². The van der Waals surface area contributed by atoms with E-state index in [9.17, 15) is 14.0 Å². The molecule has 0 atom stereocenters. The van der Waals surface area contributed by atoms with Gasteiger partial charge < -0.3 is 10.4 Å². The second-order valence-corrected chi connectivity index (χ2v) is 3.52. The molecule has 16 heavy (non-hydrogen) atoms. The lowest BCUT2D eigenvalue weighted by Gasteiger charge is -2.05. The molecule has 1 aromatic rings. The molecule has 0 unspecified atom stereocenters. The second kappa shape index (κ2) is 5.46. The van der Waals surface area contributed by atoms with Crippen molar-refractivity contribution in [1.82, 2.24) is 5.32 Å². The number of carboxylic acid groups (broad SMARTS) is 1. The Kier molecular flexibility index (Phi) is 4.25. The average molecular weight is 246 g/mol. The minimum absolute atomic E-state index is 0.0848. The molecule has 0 aliphatic rings. The van der Waals surface area contributed by atoms with E-state index in [1.54, 1.807) is 0 Å². The maximum atomic E-state index is 13.2. The van der Waals surface area contributed by atoms with Crippen LogP contribution in [0.3, 0.4) is 0 Å². The molecule has 0 heterocycles. The molecule has 1 rings (SSSR count). The van der Waals surface area contributed by atoms with Gasteiger partial charge in [0, 0.05) is 17.1 Å². The van der Waals surface area contributed by atoms with Gasteiger partial charge in [0.2, 0.25) is 5.91 Å². The number of rotatable bonds is 4. The van der Waals surface area contributed by atoms with Crippen LogP contribution in [0.5, 0.6) is 0 Å². The Bertz CT molecular complexity index is 423. The third-order valence-corrected chi connectivity index (χ3v) is 2.03. The highest BCUT2D eigenvalue weighted by atomic mass is 35.5. The summed E-state index contributed by atoms with van der Waals surface area (Å²) >= 11 is 5.64. The summed E-state index contributed by atoms with van der Waals surface area (Å²) in [5.41, 5.74) is 0.214. The lowest BCUT2D eigenvalue weighted by molar-refractivity contribution is -0.140. The van der Waals surface area contributed by atoms with Crippen LogP contribution in [0, 0.1) is 5.82 Å². The van der Waals surface area contributed by atoms with Crippen molar-refractivity contribution in [2.45, 2.75) is 13.0 Å². The number of halogens is 2. The molecule has 0 spiro atoms. The predicted molar refractivity (Wildman–Crippen MR) is 55.5 cm³/mol. The molecule has 1 amide bonds. The summed E-state index contributed by atoms with van der Waals surface area (Å²) in [5, 5.41) is 11.0. The van der Waals surface area contributed by atoms with Gasteiger partial charge in [0.05, 0.1) is 0 Å². The zero-order valence-electron chi connectivity index (χ0n) is 8.17. The molecule has 6 heteroatoms. The number of hydrogen-bond donors (Lipinski definition) is 2. The number of amides is 1. The summed E-state index contributed by atoms with van der Waals surface area (Å²) in [5.74, 6) is -2.41. The highest BCUT2D eigenvalue weighted by molar-refractivity contribution is 6.30. The van der Waals surface area contributed by atoms with E-state index in [2.05, 4.69) is 5.32 Å². The summed E-state index contributed by atoms with van der Waals surface area (Å²) in [4.78, 5) is 21.2. The van der Waals surface area contributed by atoms with Crippen molar-refractivity contribution >= 4 is 23.5 Å². The normalized spacial score (nSPS) is 9.88. The van der Waals surface area contributed by atoms with Gasteiger partial charge in [-0.15, -0.1) is 0 Å². The van der Waals surface area contributed by atoms with Crippen molar-refractivity contribution in [3.63, 3.8) is 0 Å². The van der Waals surface area contributed by atoms with Crippen LogP contribution in [0.25, 0.3) is 0 Å². The van der Waals surface area contributed by atoms with Crippen LogP contribution >= 0.6 is 11.6 Å². The van der Waals surface area contributed by atoms with Gasteiger partial charge in [-0.3, -0.25) is 9.59 Å². The van der Waals surface area contributed by atoms with E-state index < -0.39 is 24.1 Å². The molecule has 0 saturated heterocycles. The second-order valence-electron chi connectivity index (χ2n) is 3.08. The summed E-state index contributed by atoms with van der Waals surface area (Å²) in [6.45, 7) is -0.0848. The number of carbonyl (C=O) groups is 2. The van der Waals surface area contributed by atoms with Crippen LogP contribution in [-0.2, 0) is 16.1 Å². The third kappa shape index (κ3) is 3.86. The zero-order valence-corrected chi connectivity index (χ0v) is 8.92. The van der Waals surface area contributed by atoms with Crippen molar-refractivity contribution in [3.05, 3.63) is 34.6 Å². The first-order valence-corrected chi connectivity index (χ1v) is 4.79. The van der Waals surface area contributed by atoms with E-state index >= 15 is 0 Å². The summed E-state index contributed by atoms with van der Waals surface area (Å²) in [6.07, 6.45) is -0.637. The topological polar surface area (TPSA) is 66.4 Å². The largest absolute Gasteiger partial charge is 0.481 e. The zero-order chi connectivity index (χ0) is 12.1. The van der Waals surface area contributed by atoms with Gasteiger partial charge in [-0.05, 0) is 18.2 Å². The SMILES string of the molecule is O=C(O)CC(=O)NCc1cc(Cl)ccc1F. The minimum Gasteiger partial charge on any atom is -0.481 e. The van der Waals surface area contributed by atoms with Gasteiger partial charge in [0.1, 0.15) is 12.2 Å². The minimum atomic E-state index is -1.23. The summed E-state index contributed by atoms with van der Waals surface area (Å²) in [6, 6.07) is 3.94.